The Morgan fingerprint density at radius 1 is 1.25 bits per heavy atom. The average molecular weight is 327 g/mol. The van der Waals surface area contributed by atoms with Gasteiger partial charge in [0.25, 0.3) is 5.91 Å². The molecule has 1 aliphatic heterocycles. The Bertz CT molecular complexity index is 759. The summed E-state index contributed by atoms with van der Waals surface area (Å²) < 4.78 is 10.5. The highest BCUT2D eigenvalue weighted by molar-refractivity contribution is 5.85. The number of hydrogen-bond donors (Lipinski definition) is 3. The summed E-state index contributed by atoms with van der Waals surface area (Å²) in [7, 11) is 0. The summed E-state index contributed by atoms with van der Waals surface area (Å²) in [5, 5.41) is 13.1. The standard InChI is InChI=1S/C17H17N3O4/c18-14(7-11-1-4-13(21)5-2-11)17(22)20-19-9-12-3-6-15-16(8-12)24-10-23-15/h1-6,8-9,14,21H,7,10,18H2,(H,20,22)/b19-9+. The molecule has 0 aliphatic carbocycles. The Labute approximate surface area is 138 Å². The number of hydrazone groups is 1. The summed E-state index contributed by atoms with van der Waals surface area (Å²) in [4.78, 5) is 11.9. The SMILES string of the molecule is NC(Cc1ccc(O)cc1)C(=O)N/N=C/c1ccc2c(c1)OCO2. The molecule has 1 aliphatic rings. The first kappa shape index (κ1) is 15.8. The van der Waals surface area contributed by atoms with Crippen LogP contribution in [0.4, 0.5) is 0 Å². The van der Waals surface area contributed by atoms with Gasteiger partial charge in [-0.2, -0.15) is 5.10 Å². The van der Waals surface area contributed by atoms with Gasteiger partial charge in [-0.05, 0) is 47.9 Å². The zero-order valence-corrected chi connectivity index (χ0v) is 12.8. The number of phenolic OH excluding ortho intramolecular Hbond substituents is 1. The lowest BCUT2D eigenvalue weighted by molar-refractivity contribution is -0.122. The molecule has 124 valence electrons. The van der Waals surface area contributed by atoms with Crippen LogP contribution in [0.3, 0.4) is 0 Å². The fourth-order valence-electron chi connectivity index (χ4n) is 2.23. The lowest BCUT2D eigenvalue weighted by Crippen LogP contribution is -2.39. The summed E-state index contributed by atoms with van der Waals surface area (Å²) >= 11 is 0. The number of carbonyl (C=O) groups is 1. The molecule has 0 fully saturated rings. The lowest BCUT2D eigenvalue weighted by atomic mass is 10.1. The van der Waals surface area contributed by atoms with Gasteiger partial charge in [0.2, 0.25) is 6.79 Å². The summed E-state index contributed by atoms with van der Waals surface area (Å²) in [6, 6.07) is 11.2. The first-order valence-electron chi connectivity index (χ1n) is 7.38. The number of hydrogen-bond acceptors (Lipinski definition) is 6. The van der Waals surface area contributed by atoms with Crippen molar-refractivity contribution in [2.45, 2.75) is 12.5 Å². The number of aromatic hydroxyl groups is 1. The third-order valence-electron chi connectivity index (χ3n) is 3.51. The number of nitrogens with one attached hydrogen (secondary N) is 1. The van der Waals surface area contributed by atoms with Crippen molar-refractivity contribution in [3.63, 3.8) is 0 Å². The fraction of sp³-hybridized carbons (Fsp3) is 0.176. The van der Waals surface area contributed by atoms with E-state index in [-0.39, 0.29) is 18.4 Å². The molecule has 0 radical (unpaired) electrons. The second kappa shape index (κ2) is 7.01. The quantitative estimate of drug-likeness (QED) is 0.564. The van der Waals surface area contributed by atoms with E-state index < -0.39 is 6.04 Å². The average Bonchev–Trinajstić information content (AvgIpc) is 3.04. The number of benzene rings is 2. The predicted molar refractivity (Wildman–Crippen MR) is 88.1 cm³/mol. The number of nitrogens with two attached hydrogens (primary N) is 1. The van der Waals surface area contributed by atoms with Crippen molar-refractivity contribution < 1.29 is 19.4 Å². The molecular formula is C17H17N3O4. The third kappa shape index (κ3) is 3.82. The van der Waals surface area contributed by atoms with Crippen molar-refractivity contribution in [2.24, 2.45) is 10.8 Å². The van der Waals surface area contributed by atoms with Crippen molar-refractivity contribution >= 4 is 12.1 Å². The number of phenols is 1. The minimum absolute atomic E-state index is 0.171. The molecule has 0 aromatic heterocycles. The highest BCUT2D eigenvalue weighted by Gasteiger charge is 2.14. The van der Waals surface area contributed by atoms with Crippen LogP contribution in [0.1, 0.15) is 11.1 Å². The highest BCUT2D eigenvalue weighted by atomic mass is 16.7. The number of rotatable bonds is 5. The van der Waals surface area contributed by atoms with Crippen LogP contribution < -0.4 is 20.6 Å². The molecule has 2 aromatic carbocycles. The zero-order chi connectivity index (χ0) is 16.9. The van der Waals surface area contributed by atoms with Crippen molar-refractivity contribution in [1.29, 1.82) is 0 Å². The number of nitrogens with zero attached hydrogens (tertiary/aromatic N) is 1. The molecule has 1 unspecified atom stereocenters. The van der Waals surface area contributed by atoms with Crippen LogP contribution >= 0.6 is 0 Å². The van der Waals surface area contributed by atoms with Gasteiger partial charge in [-0.3, -0.25) is 4.79 Å². The molecule has 24 heavy (non-hydrogen) atoms. The topological polar surface area (TPSA) is 106 Å². The van der Waals surface area contributed by atoms with Gasteiger partial charge in [-0.15, -0.1) is 0 Å². The summed E-state index contributed by atoms with van der Waals surface area (Å²) in [6.07, 6.45) is 1.86. The molecule has 1 amide bonds. The largest absolute Gasteiger partial charge is 0.508 e. The Balaban J connectivity index is 1.53. The molecule has 0 saturated carbocycles. The monoisotopic (exact) mass is 327 g/mol. The second-order valence-electron chi connectivity index (χ2n) is 5.32. The molecule has 0 bridgehead atoms. The van der Waals surface area contributed by atoms with Crippen LogP contribution in [0.25, 0.3) is 0 Å². The molecular weight excluding hydrogens is 310 g/mol. The smallest absolute Gasteiger partial charge is 0.257 e. The Kier molecular flexibility index (Phi) is 4.62. The van der Waals surface area contributed by atoms with E-state index in [2.05, 4.69) is 10.5 Å². The first-order chi connectivity index (χ1) is 11.6. The normalized spacial score (nSPS) is 13.9. The van der Waals surface area contributed by atoms with Crippen molar-refractivity contribution in [2.75, 3.05) is 6.79 Å². The van der Waals surface area contributed by atoms with Gasteiger partial charge in [-0.25, -0.2) is 5.43 Å². The summed E-state index contributed by atoms with van der Waals surface area (Å²) in [5.74, 6) is 1.12. The number of amides is 1. The molecule has 1 atom stereocenters. The molecule has 3 rings (SSSR count). The van der Waals surface area contributed by atoms with Crippen LogP contribution in [0.5, 0.6) is 17.2 Å². The van der Waals surface area contributed by atoms with Gasteiger partial charge < -0.3 is 20.3 Å². The van der Waals surface area contributed by atoms with Gasteiger partial charge in [0.15, 0.2) is 11.5 Å². The van der Waals surface area contributed by atoms with E-state index >= 15 is 0 Å². The van der Waals surface area contributed by atoms with E-state index in [1.54, 1.807) is 42.5 Å². The van der Waals surface area contributed by atoms with Crippen LogP contribution in [-0.4, -0.2) is 30.1 Å². The maximum atomic E-state index is 11.9. The lowest BCUT2D eigenvalue weighted by Gasteiger charge is -2.09. The number of fused-ring (bicyclic) bond motifs is 1. The van der Waals surface area contributed by atoms with E-state index in [0.29, 0.717) is 17.9 Å². The summed E-state index contributed by atoms with van der Waals surface area (Å²) in [6.45, 7) is 0.207. The highest BCUT2D eigenvalue weighted by Crippen LogP contribution is 2.31. The molecule has 1 heterocycles. The molecule has 7 nitrogen and oxygen atoms in total. The van der Waals surface area contributed by atoms with E-state index in [9.17, 15) is 9.90 Å². The Morgan fingerprint density at radius 2 is 2.00 bits per heavy atom. The molecule has 0 spiro atoms. The minimum Gasteiger partial charge on any atom is -0.508 e. The maximum absolute atomic E-state index is 11.9. The van der Waals surface area contributed by atoms with Crippen molar-refractivity contribution in [1.82, 2.24) is 5.43 Å². The maximum Gasteiger partial charge on any atom is 0.257 e. The molecule has 0 saturated heterocycles. The second-order valence-corrected chi connectivity index (χ2v) is 5.32. The van der Waals surface area contributed by atoms with Crippen LogP contribution in [-0.2, 0) is 11.2 Å². The van der Waals surface area contributed by atoms with Crippen LogP contribution in [0, 0.1) is 0 Å². The Morgan fingerprint density at radius 3 is 2.79 bits per heavy atom. The minimum atomic E-state index is -0.733. The Hall–Kier alpha value is -3.06. The van der Waals surface area contributed by atoms with E-state index in [0.717, 1.165) is 11.1 Å². The summed E-state index contributed by atoms with van der Waals surface area (Å²) in [5.41, 5.74) is 9.90. The fourth-order valence-corrected chi connectivity index (χ4v) is 2.23. The van der Waals surface area contributed by atoms with Gasteiger partial charge in [0.05, 0.1) is 12.3 Å². The number of carbonyl (C=O) groups excluding carboxylic acids is 1. The molecule has 7 heteroatoms. The van der Waals surface area contributed by atoms with Gasteiger partial charge in [0.1, 0.15) is 5.75 Å². The van der Waals surface area contributed by atoms with Crippen molar-refractivity contribution in [3.05, 3.63) is 53.6 Å². The van der Waals surface area contributed by atoms with Crippen LogP contribution in [0.15, 0.2) is 47.6 Å². The first-order valence-corrected chi connectivity index (χ1v) is 7.38. The molecule has 2 aromatic rings. The van der Waals surface area contributed by atoms with Gasteiger partial charge >= 0.3 is 0 Å². The van der Waals surface area contributed by atoms with E-state index in [4.69, 9.17) is 15.2 Å². The van der Waals surface area contributed by atoms with E-state index in [1.807, 2.05) is 0 Å². The van der Waals surface area contributed by atoms with Gasteiger partial charge in [0, 0.05) is 0 Å². The van der Waals surface area contributed by atoms with Crippen molar-refractivity contribution in [3.8, 4) is 17.2 Å². The van der Waals surface area contributed by atoms with Crippen LogP contribution in [0.2, 0.25) is 0 Å². The van der Waals surface area contributed by atoms with E-state index in [1.165, 1.54) is 6.21 Å². The molecule has 4 N–H and O–H groups in total. The third-order valence-corrected chi connectivity index (χ3v) is 3.51. The zero-order valence-electron chi connectivity index (χ0n) is 12.8. The number of ether oxygens (including phenoxy) is 2. The predicted octanol–water partition coefficient (Wildman–Crippen LogP) is 1.14. The van der Waals surface area contributed by atoms with Gasteiger partial charge in [-0.1, -0.05) is 12.1 Å².